The first-order chi connectivity index (χ1) is 14.2. The Morgan fingerprint density at radius 1 is 1.03 bits per heavy atom. The molecule has 0 unspecified atom stereocenters. The first kappa shape index (κ1) is 18.4. The first-order valence-electron chi connectivity index (χ1n) is 9.09. The molecule has 4 rings (SSSR count). The number of aromatic nitrogens is 4. The lowest BCUT2D eigenvalue weighted by Crippen LogP contribution is -2.22. The van der Waals surface area contributed by atoms with Crippen LogP contribution in [0.2, 0.25) is 0 Å². The molecular formula is C22H19N5O2. The van der Waals surface area contributed by atoms with Gasteiger partial charge in [0, 0.05) is 43.8 Å². The van der Waals surface area contributed by atoms with Gasteiger partial charge in [0.05, 0.1) is 11.4 Å². The molecule has 1 N–H and O–H groups in total. The van der Waals surface area contributed by atoms with E-state index in [4.69, 9.17) is 4.74 Å². The molecule has 0 fully saturated rings. The van der Waals surface area contributed by atoms with Crippen molar-refractivity contribution in [1.29, 1.82) is 0 Å². The molecule has 3 aromatic heterocycles. The number of ether oxygens (including phenoxy) is 1. The lowest BCUT2D eigenvalue weighted by molar-refractivity contribution is 0.0950. The Labute approximate surface area is 168 Å². The fourth-order valence-electron chi connectivity index (χ4n) is 2.82. The molecule has 0 aliphatic heterocycles. The van der Waals surface area contributed by atoms with Gasteiger partial charge in [0.25, 0.3) is 5.91 Å². The minimum Gasteiger partial charge on any atom is -0.439 e. The molecular weight excluding hydrogens is 366 g/mol. The summed E-state index contributed by atoms with van der Waals surface area (Å²) in [6, 6.07) is 18.2. The number of amides is 1. The normalized spacial score (nSPS) is 10.5. The topological polar surface area (TPSA) is 81.9 Å². The lowest BCUT2D eigenvalue weighted by atomic mass is 10.2. The van der Waals surface area contributed by atoms with Crippen LogP contribution in [0.3, 0.4) is 0 Å². The predicted octanol–water partition coefficient (Wildman–Crippen LogP) is 3.60. The van der Waals surface area contributed by atoms with Crippen LogP contribution < -0.4 is 10.1 Å². The van der Waals surface area contributed by atoms with Crippen molar-refractivity contribution in [3.05, 3.63) is 90.4 Å². The molecule has 0 saturated heterocycles. The number of hydrogen-bond donors (Lipinski definition) is 1. The highest BCUT2D eigenvalue weighted by atomic mass is 16.5. The highest BCUT2D eigenvalue weighted by Gasteiger charge is 2.09. The van der Waals surface area contributed by atoms with Crippen molar-refractivity contribution in [2.24, 2.45) is 7.05 Å². The minimum atomic E-state index is -0.188. The van der Waals surface area contributed by atoms with Gasteiger partial charge in [-0.3, -0.25) is 14.5 Å². The number of aryl methyl sites for hydroxylation is 1. The summed E-state index contributed by atoms with van der Waals surface area (Å²) in [5.41, 5.74) is 3.19. The van der Waals surface area contributed by atoms with Gasteiger partial charge in [0.2, 0.25) is 5.88 Å². The van der Waals surface area contributed by atoms with Gasteiger partial charge in [-0.2, -0.15) is 5.10 Å². The van der Waals surface area contributed by atoms with E-state index in [1.54, 1.807) is 53.6 Å². The fourth-order valence-corrected chi connectivity index (χ4v) is 2.82. The van der Waals surface area contributed by atoms with Crippen LogP contribution in [-0.4, -0.2) is 25.7 Å². The summed E-state index contributed by atoms with van der Waals surface area (Å²) in [5, 5.41) is 7.05. The Kier molecular flexibility index (Phi) is 5.29. The number of nitrogens with one attached hydrogen (secondary N) is 1. The molecule has 3 heterocycles. The highest BCUT2D eigenvalue weighted by molar-refractivity contribution is 5.94. The zero-order chi connectivity index (χ0) is 20.1. The van der Waals surface area contributed by atoms with Crippen LogP contribution >= 0.6 is 0 Å². The maximum Gasteiger partial charge on any atom is 0.251 e. The standard InChI is InChI=1S/C22H19N5O2/c1-27-20(10-12-26-27)19-9-8-16(14-24-19)15-25-22(28)17-5-4-6-18(13-17)29-21-7-2-3-11-23-21/h2-14H,15H2,1H3,(H,25,28). The third-order valence-corrected chi connectivity index (χ3v) is 4.32. The molecule has 0 atom stereocenters. The second-order valence-corrected chi connectivity index (χ2v) is 6.37. The van der Waals surface area contributed by atoms with Crippen LogP contribution in [0.25, 0.3) is 11.4 Å². The molecule has 0 bridgehead atoms. The van der Waals surface area contributed by atoms with Crippen LogP contribution in [0.4, 0.5) is 0 Å². The Morgan fingerprint density at radius 2 is 1.97 bits per heavy atom. The molecule has 4 aromatic rings. The summed E-state index contributed by atoms with van der Waals surface area (Å²) >= 11 is 0. The highest BCUT2D eigenvalue weighted by Crippen LogP contribution is 2.20. The van der Waals surface area contributed by atoms with Crippen molar-refractivity contribution >= 4 is 5.91 Å². The maximum atomic E-state index is 12.5. The van der Waals surface area contributed by atoms with Gasteiger partial charge in [0.1, 0.15) is 5.75 Å². The number of nitrogens with zero attached hydrogens (tertiary/aromatic N) is 4. The number of carbonyl (C=O) groups excluding carboxylic acids is 1. The summed E-state index contributed by atoms with van der Waals surface area (Å²) in [7, 11) is 1.87. The molecule has 0 spiro atoms. The maximum absolute atomic E-state index is 12.5. The van der Waals surface area contributed by atoms with Crippen molar-refractivity contribution in [2.45, 2.75) is 6.54 Å². The van der Waals surface area contributed by atoms with Crippen molar-refractivity contribution in [2.75, 3.05) is 0 Å². The molecule has 0 aliphatic rings. The van der Waals surface area contributed by atoms with Gasteiger partial charge in [-0.1, -0.05) is 18.2 Å². The number of carbonyl (C=O) groups is 1. The van der Waals surface area contributed by atoms with Crippen molar-refractivity contribution in [3.63, 3.8) is 0 Å². The third-order valence-electron chi connectivity index (χ3n) is 4.32. The lowest BCUT2D eigenvalue weighted by Gasteiger charge is -2.08. The third kappa shape index (κ3) is 4.47. The van der Waals surface area contributed by atoms with E-state index in [-0.39, 0.29) is 5.91 Å². The molecule has 0 saturated carbocycles. The van der Waals surface area contributed by atoms with Gasteiger partial charge < -0.3 is 10.1 Å². The molecule has 1 amide bonds. The molecule has 0 aliphatic carbocycles. The van der Waals surface area contributed by atoms with Crippen LogP contribution in [0, 0.1) is 0 Å². The zero-order valence-electron chi connectivity index (χ0n) is 15.8. The second kappa shape index (κ2) is 8.35. The Morgan fingerprint density at radius 3 is 2.69 bits per heavy atom. The van der Waals surface area contributed by atoms with E-state index in [1.165, 1.54) is 0 Å². The molecule has 7 nitrogen and oxygen atoms in total. The molecule has 29 heavy (non-hydrogen) atoms. The van der Waals surface area contributed by atoms with Gasteiger partial charge in [-0.15, -0.1) is 0 Å². The van der Waals surface area contributed by atoms with Gasteiger partial charge in [-0.05, 0) is 42.0 Å². The van der Waals surface area contributed by atoms with Crippen LogP contribution in [0.5, 0.6) is 11.6 Å². The fraction of sp³-hybridized carbons (Fsp3) is 0.0909. The number of hydrogen-bond acceptors (Lipinski definition) is 5. The van der Waals surface area contributed by atoms with E-state index in [1.807, 2.05) is 37.4 Å². The minimum absolute atomic E-state index is 0.188. The average molecular weight is 385 g/mol. The molecule has 1 aromatic carbocycles. The first-order valence-corrected chi connectivity index (χ1v) is 9.09. The quantitative estimate of drug-likeness (QED) is 0.548. The van der Waals surface area contributed by atoms with E-state index < -0.39 is 0 Å². The summed E-state index contributed by atoms with van der Waals surface area (Å²) in [6.07, 6.45) is 5.14. The van der Waals surface area contributed by atoms with E-state index in [0.717, 1.165) is 17.0 Å². The Balaban J connectivity index is 1.38. The zero-order valence-corrected chi connectivity index (χ0v) is 15.8. The van der Waals surface area contributed by atoms with Crippen molar-refractivity contribution in [3.8, 4) is 23.0 Å². The second-order valence-electron chi connectivity index (χ2n) is 6.37. The predicted molar refractivity (Wildman–Crippen MR) is 108 cm³/mol. The van der Waals surface area contributed by atoms with Gasteiger partial charge >= 0.3 is 0 Å². The smallest absolute Gasteiger partial charge is 0.251 e. The Bertz CT molecular complexity index is 1110. The average Bonchev–Trinajstić information content (AvgIpc) is 3.19. The summed E-state index contributed by atoms with van der Waals surface area (Å²) < 4.78 is 7.45. The summed E-state index contributed by atoms with van der Waals surface area (Å²) in [4.78, 5) is 21.1. The molecule has 144 valence electrons. The van der Waals surface area contributed by atoms with E-state index in [2.05, 4.69) is 20.4 Å². The number of benzene rings is 1. The van der Waals surface area contributed by atoms with Gasteiger partial charge in [-0.25, -0.2) is 4.98 Å². The largest absolute Gasteiger partial charge is 0.439 e. The molecule has 0 radical (unpaired) electrons. The Hall–Kier alpha value is -4.00. The number of pyridine rings is 2. The monoisotopic (exact) mass is 385 g/mol. The van der Waals surface area contributed by atoms with E-state index >= 15 is 0 Å². The van der Waals surface area contributed by atoms with Crippen LogP contribution in [0.15, 0.2) is 79.3 Å². The molecule has 7 heteroatoms. The van der Waals surface area contributed by atoms with E-state index in [0.29, 0.717) is 23.7 Å². The van der Waals surface area contributed by atoms with Crippen molar-refractivity contribution in [1.82, 2.24) is 25.1 Å². The van der Waals surface area contributed by atoms with E-state index in [9.17, 15) is 4.79 Å². The SMILES string of the molecule is Cn1nccc1-c1ccc(CNC(=O)c2cccc(Oc3ccccn3)c2)cn1. The summed E-state index contributed by atoms with van der Waals surface area (Å²) in [5.74, 6) is 0.843. The van der Waals surface area contributed by atoms with Crippen LogP contribution in [-0.2, 0) is 13.6 Å². The van der Waals surface area contributed by atoms with Crippen molar-refractivity contribution < 1.29 is 9.53 Å². The summed E-state index contributed by atoms with van der Waals surface area (Å²) in [6.45, 7) is 0.378. The van der Waals surface area contributed by atoms with Gasteiger partial charge in [0.15, 0.2) is 0 Å². The number of rotatable bonds is 6. The van der Waals surface area contributed by atoms with Crippen LogP contribution in [0.1, 0.15) is 15.9 Å².